The molecule has 2 unspecified atom stereocenters. The van der Waals surface area contributed by atoms with E-state index in [9.17, 15) is 27.6 Å². The molecule has 1 saturated heterocycles. The molecular formula is C20H32F3NO5. The third kappa shape index (κ3) is 7.51. The fourth-order valence-electron chi connectivity index (χ4n) is 3.35. The molecule has 168 valence electrons. The number of ether oxygens (including phenoxy) is 2. The highest BCUT2D eigenvalue weighted by atomic mass is 19.4. The van der Waals surface area contributed by atoms with Gasteiger partial charge in [-0.3, -0.25) is 9.59 Å². The summed E-state index contributed by atoms with van der Waals surface area (Å²) in [5.74, 6) is -4.02. The lowest BCUT2D eigenvalue weighted by molar-refractivity contribution is -0.169. The van der Waals surface area contributed by atoms with Gasteiger partial charge in [-0.1, -0.05) is 27.2 Å². The minimum Gasteiger partial charge on any atom is -0.460 e. The van der Waals surface area contributed by atoms with Gasteiger partial charge in [0, 0.05) is 6.42 Å². The van der Waals surface area contributed by atoms with Crippen LogP contribution in [0.4, 0.5) is 18.0 Å². The maximum atomic E-state index is 13.2. The first kappa shape index (κ1) is 25.2. The van der Waals surface area contributed by atoms with Crippen LogP contribution in [0.5, 0.6) is 0 Å². The number of rotatable bonds is 8. The van der Waals surface area contributed by atoms with E-state index < -0.39 is 60.5 Å². The molecule has 0 spiro atoms. The highest BCUT2D eigenvalue weighted by Crippen LogP contribution is 2.34. The Bertz CT molecular complexity index is 598. The molecule has 1 heterocycles. The summed E-state index contributed by atoms with van der Waals surface area (Å²) in [7, 11) is 0. The zero-order chi connectivity index (χ0) is 22.6. The molecule has 0 aromatic rings. The SMILES string of the molecule is CCCC(C(=O)N1C(=O)OC[C@@H]1C(C)C)C(CCC(F)(F)F)C(=O)OC(C)(C)C. The van der Waals surface area contributed by atoms with Crippen LogP contribution in [0.2, 0.25) is 0 Å². The normalized spacial score (nSPS) is 19.9. The number of cyclic esters (lactones) is 1. The second-order valence-electron chi connectivity index (χ2n) is 8.79. The number of esters is 1. The minimum absolute atomic E-state index is 0.0285. The van der Waals surface area contributed by atoms with Crippen LogP contribution >= 0.6 is 0 Å². The molecule has 3 atom stereocenters. The Morgan fingerprint density at radius 3 is 2.21 bits per heavy atom. The van der Waals surface area contributed by atoms with E-state index in [0.717, 1.165) is 4.90 Å². The van der Waals surface area contributed by atoms with Gasteiger partial charge < -0.3 is 9.47 Å². The van der Waals surface area contributed by atoms with Gasteiger partial charge in [0.05, 0.1) is 17.9 Å². The average molecular weight is 423 g/mol. The molecule has 1 aliphatic rings. The van der Waals surface area contributed by atoms with Gasteiger partial charge in [-0.25, -0.2) is 9.69 Å². The highest BCUT2D eigenvalue weighted by Gasteiger charge is 2.46. The molecule has 2 amide bonds. The standard InChI is InChI=1S/C20H32F3NO5/c1-7-8-13(16(25)24-15(12(2)3)11-28-18(24)27)14(9-10-20(21,22)23)17(26)29-19(4,5)6/h12-15H,7-11H2,1-6H3/t13?,14?,15-/m1/s1. The number of halogens is 3. The summed E-state index contributed by atoms with van der Waals surface area (Å²) in [6.45, 7) is 10.2. The maximum Gasteiger partial charge on any atom is 0.416 e. The van der Waals surface area contributed by atoms with E-state index >= 15 is 0 Å². The molecule has 1 rings (SSSR count). The van der Waals surface area contributed by atoms with Crippen molar-refractivity contribution in [2.45, 2.75) is 85.0 Å². The third-order valence-corrected chi connectivity index (χ3v) is 4.76. The number of hydrogen-bond donors (Lipinski definition) is 0. The van der Waals surface area contributed by atoms with E-state index in [4.69, 9.17) is 9.47 Å². The summed E-state index contributed by atoms with van der Waals surface area (Å²) >= 11 is 0. The van der Waals surface area contributed by atoms with Gasteiger partial charge in [-0.15, -0.1) is 0 Å². The summed E-state index contributed by atoms with van der Waals surface area (Å²) in [6, 6.07) is -0.517. The molecule has 6 nitrogen and oxygen atoms in total. The Morgan fingerprint density at radius 2 is 1.76 bits per heavy atom. The van der Waals surface area contributed by atoms with Crippen molar-refractivity contribution in [3.05, 3.63) is 0 Å². The number of alkyl halides is 3. The topological polar surface area (TPSA) is 72.9 Å². The molecule has 1 aliphatic heterocycles. The van der Waals surface area contributed by atoms with Crippen molar-refractivity contribution in [1.29, 1.82) is 0 Å². The van der Waals surface area contributed by atoms with Gasteiger partial charge in [-0.05, 0) is 39.5 Å². The van der Waals surface area contributed by atoms with E-state index in [0.29, 0.717) is 6.42 Å². The summed E-state index contributed by atoms with van der Waals surface area (Å²) in [6.07, 6.45) is -6.49. The summed E-state index contributed by atoms with van der Waals surface area (Å²) < 4.78 is 48.9. The van der Waals surface area contributed by atoms with E-state index in [2.05, 4.69) is 0 Å². The lowest BCUT2D eigenvalue weighted by Crippen LogP contribution is -2.48. The molecule has 0 bridgehead atoms. The minimum atomic E-state index is -4.48. The first-order valence-electron chi connectivity index (χ1n) is 9.97. The first-order chi connectivity index (χ1) is 13.2. The summed E-state index contributed by atoms with van der Waals surface area (Å²) in [4.78, 5) is 39.1. The molecule has 29 heavy (non-hydrogen) atoms. The fourth-order valence-corrected chi connectivity index (χ4v) is 3.35. The van der Waals surface area contributed by atoms with Crippen LogP contribution in [0.15, 0.2) is 0 Å². The monoisotopic (exact) mass is 423 g/mol. The molecular weight excluding hydrogens is 391 g/mol. The smallest absolute Gasteiger partial charge is 0.416 e. The quantitative estimate of drug-likeness (QED) is 0.529. The van der Waals surface area contributed by atoms with E-state index in [1.807, 2.05) is 13.8 Å². The Hall–Kier alpha value is -1.80. The fraction of sp³-hybridized carbons (Fsp3) is 0.850. The predicted octanol–water partition coefficient (Wildman–Crippen LogP) is 4.71. The third-order valence-electron chi connectivity index (χ3n) is 4.76. The van der Waals surface area contributed by atoms with Crippen LogP contribution in [0, 0.1) is 17.8 Å². The molecule has 1 fully saturated rings. The number of nitrogens with zero attached hydrogens (tertiary/aromatic N) is 1. The van der Waals surface area contributed by atoms with Gasteiger partial charge in [0.15, 0.2) is 0 Å². The molecule has 0 saturated carbocycles. The van der Waals surface area contributed by atoms with Gasteiger partial charge in [-0.2, -0.15) is 13.2 Å². The summed E-state index contributed by atoms with van der Waals surface area (Å²) in [5, 5.41) is 0. The molecule has 0 aromatic heterocycles. The van der Waals surface area contributed by atoms with Crippen molar-refractivity contribution in [2.75, 3.05) is 6.61 Å². The van der Waals surface area contributed by atoms with Gasteiger partial charge in [0.1, 0.15) is 12.2 Å². The van der Waals surface area contributed by atoms with Crippen molar-refractivity contribution in [3.63, 3.8) is 0 Å². The number of amides is 2. The number of hydrogen-bond acceptors (Lipinski definition) is 5. The molecule has 0 N–H and O–H groups in total. The Morgan fingerprint density at radius 1 is 1.17 bits per heavy atom. The largest absolute Gasteiger partial charge is 0.460 e. The molecule has 0 aliphatic carbocycles. The van der Waals surface area contributed by atoms with Crippen molar-refractivity contribution >= 4 is 18.0 Å². The lowest BCUT2D eigenvalue weighted by atomic mass is 9.83. The van der Waals surface area contributed by atoms with Gasteiger partial charge in [0.2, 0.25) is 5.91 Å². The van der Waals surface area contributed by atoms with Crippen molar-refractivity contribution in [1.82, 2.24) is 4.90 Å². The number of carbonyl (C=O) groups is 3. The van der Waals surface area contributed by atoms with Crippen LogP contribution in [0.3, 0.4) is 0 Å². The number of imide groups is 1. The Balaban J connectivity index is 3.23. The second-order valence-corrected chi connectivity index (χ2v) is 8.79. The molecule has 0 radical (unpaired) electrons. The maximum absolute atomic E-state index is 13.2. The van der Waals surface area contributed by atoms with Crippen LogP contribution < -0.4 is 0 Å². The van der Waals surface area contributed by atoms with Crippen molar-refractivity contribution in [2.24, 2.45) is 17.8 Å². The van der Waals surface area contributed by atoms with E-state index in [1.54, 1.807) is 27.7 Å². The highest BCUT2D eigenvalue weighted by molar-refractivity contribution is 5.96. The number of carbonyl (C=O) groups excluding carboxylic acids is 3. The predicted molar refractivity (Wildman–Crippen MR) is 99.8 cm³/mol. The molecule has 0 aromatic carbocycles. The van der Waals surface area contributed by atoms with E-state index in [1.165, 1.54) is 0 Å². The van der Waals surface area contributed by atoms with Gasteiger partial charge >= 0.3 is 18.2 Å². The molecule has 9 heteroatoms. The van der Waals surface area contributed by atoms with Crippen molar-refractivity contribution < 1.29 is 37.0 Å². The second kappa shape index (κ2) is 9.80. The lowest BCUT2D eigenvalue weighted by Gasteiger charge is -2.32. The average Bonchev–Trinajstić information content (AvgIpc) is 2.92. The zero-order valence-electron chi connectivity index (χ0n) is 18.0. The first-order valence-corrected chi connectivity index (χ1v) is 9.97. The van der Waals surface area contributed by atoms with Crippen LogP contribution in [0.25, 0.3) is 0 Å². The van der Waals surface area contributed by atoms with E-state index in [-0.39, 0.29) is 18.9 Å². The van der Waals surface area contributed by atoms with Crippen LogP contribution in [-0.2, 0) is 19.1 Å². The van der Waals surface area contributed by atoms with Crippen LogP contribution in [0.1, 0.15) is 67.2 Å². The summed E-state index contributed by atoms with van der Waals surface area (Å²) in [5.41, 5.74) is -0.916. The van der Waals surface area contributed by atoms with Crippen molar-refractivity contribution in [3.8, 4) is 0 Å². The van der Waals surface area contributed by atoms with Gasteiger partial charge in [0.25, 0.3) is 0 Å². The Labute approximate surface area is 170 Å². The van der Waals surface area contributed by atoms with Crippen LogP contribution in [-0.4, -0.2) is 47.3 Å². The Kier molecular flexibility index (Phi) is 8.53. The zero-order valence-corrected chi connectivity index (χ0v) is 18.0.